The van der Waals surface area contributed by atoms with Crippen LogP contribution in [0.3, 0.4) is 0 Å². The fourth-order valence-electron chi connectivity index (χ4n) is 5.34. The van der Waals surface area contributed by atoms with Gasteiger partial charge in [0.15, 0.2) is 0 Å². The third-order valence-electron chi connectivity index (χ3n) is 7.08. The second kappa shape index (κ2) is 9.10. The van der Waals surface area contributed by atoms with Crippen molar-refractivity contribution in [2.45, 2.75) is 6.92 Å². The van der Waals surface area contributed by atoms with E-state index in [0.717, 1.165) is 39.9 Å². The number of benzene rings is 3. The maximum absolute atomic E-state index is 14.1. The number of halogens is 2. The first kappa shape index (κ1) is 25.1. The predicted molar refractivity (Wildman–Crippen MR) is 146 cm³/mol. The first-order valence-corrected chi connectivity index (χ1v) is 12.6. The Balaban J connectivity index is 1.52. The van der Waals surface area contributed by atoms with E-state index in [4.69, 9.17) is 4.74 Å². The molecule has 0 bridgehead atoms. The maximum atomic E-state index is 14.1. The number of nitrogens with zero attached hydrogens (tertiary/aromatic N) is 4. The van der Waals surface area contributed by atoms with Gasteiger partial charge in [-0.1, -0.05) is 12.1 Å². The summed E-state index contributed by atoms with van der Waals surface area (Å²) in [4.78, 5) is 64.4. The van der Waals surface area contributed by atoms with Crippen molar-refractivity contribution < 1.29 is 32.7 Å². The Hall–Kier alpha value is -5.84. The van der Waals surface area contributed by atoms with Gasteiger partial charge in [0.2, 0.25) is 0 Å². The molecule has 0 radical (unpaired) electrons. The van der Waals surface area contributed by atoms with Crippen LogP contribution in [0.4, 0.5) is 20.2 Å². The molecule has 0 fully saturated rings. The summed E-state index contributed by atoms with van der Waals surface area (Å²) >= 11 is 0. The number of carbonyl (C=O) groups excluding carboxylic acids is 4. The molecule has 4 heterocycles. The van der Waals surface area contributed by atoms with E-state index in [2.05, 4.69) is 9.97 Å². The predicted octanol–water partition coefficient (Wildman–Crippen LogP) is 5.61. The minimum Gasteiger partial charge on any atom is -0.456 e. The fourth-order valence-corrected chi connectivity index (χ4v) is 5.34. The summed E-state index contributed by atoms with van der Waals surface area (Å²) in [6, 6.07) is 13.0. The minimum atomic E-state index is -0.858. The zero-order valence-electron chi connectivity index (χ0n) is 21.6. The molecule has 0 N–H and O–H groups in total. The van der Waals surface area contributed by atoms with Crippen LogP contribution in [0.1, 0.15) is 47.0 Å². The van der Waals surface area contributed by atoms with Crippen molar-refractivity contribution in [1.82, 2.24) is 9.97 Å². The number of anilines is 2. The number of pyridine rings is 2. The molecule has 9 nitrogen and oxygen atoms in total. The number of rotatable bonds is 4. The Labute approximate surface area is 235 Å². The molecule has 0 aliphatic carbocycles. The smallest absolute Gasteiger partial charge is 0.269 e. The van der Waals surface area contributed by atoms with Gasteiger partial charge in [-0.2, -0.15) is 0 Å². The molecule has 2 aromatic heterocycles. The Morgan fingerprint density at radius 3 is 1.81 bits per heavy atom. The van der Waals surface area contributed by atoms with Crippen molar-refractivity contribution in [3.05, 3.63) is 119 Å². The quantitative estimate of drug-likeness (QED) is 0.262. The van der Waals surface area contributed by atoms with E-state index in [9.17, 15) is 28.0 Å². The number of hydrogen-bond acceptors (Lipinski definition) is 7. The molecule has 7 rings (SSSR count). The van der Waals surface area contributed by atoms with Gasteiger partial charge in [0.1, 0.15) is 23.1 Å². The molecule has 4 amide bonds. The molecule has 5 aromatic rings. The number of aryl methyl sites for hydroxylation is 1. The van der Waals surface area contributed by atoms with Gasteiger partial charge < -0.3 is 4.74 Å². The summed E-state index contributed by atoms with van der Waals surface area (Å²) in [5, 5.41) is 0.121. The molecule has 204 valence electrons. The average Bonchev–Trinajstić information content (AvgIpc) is 2.95. The molecule has 2 aliphatic rings. The summed E-state index contributed by atoms with van der Waals surface area (Å²) < 4.78 is 34.3. The van der Waals surface area contributed by atoms with Gasteiger partial charge in [-0.05, 0) is 42.8 Å². The fraction of sp³-hybridized carbons (Fsp3) is 0.0323. The Morgan fingerprint density at radius 2 is 1.21 bits per heavy atom. The van der Waals surface area contributed by atoms with Crippen molar-refractivity contribution in [1.29, 1.82) is 0 Å². The van der Waals surface area contributed by atoms with Gasteiger partial charge >= 0.3 is 0 Å². The van der Waals surface area contributed by atoms with E-state index >= 15 is 0 Å². The molecule has 0 saturated carbocycles. The zero-order valence-corrected chi connectivity index (χ0v) is 21.6. The van der Waals surface area contributed by atoms with Gasteiger partial charge in [0.25, 0.3) is 23.6 Å². The number of carbonyl (C=O) groups is 4. The largest absolute Gasteiger partial charge is 0.456 e. The molecule has 0 spiro atoms. The number of amides is 4. The molecule has 0 unspecified atom stereocenters. The van der Waals surface area contributed by atoms with Crippen LogP contribution in [0, 0.1) is 18.6 Å². The van der Waals surface area contributed by atoms with E-state index in [1.807, 2.05) is 13.0 Å². The van der Waals surface area contributed by atoms with Gasteiger partial charge in [0.05, 0.1) is 47.3 Å². The third-order valence-corrected chi connectivity index (χ3v) is 7.08. The van der Waals surface area contributed by atoms with Crippen LogP contribution >= 0.6 is 0 Å². The number of imide groups is 2. The number of hydrogen-bond donors (Lipinski definition) is 0. The standard InChI is InChI=1S/C31H16F2N4O5/c1-15-3-2-4-20(7-15)42-24-10-23-25-21(28(38)36(30(23)40)18-8-16(32)11-34-13-18)5-6-22-26(25)27(24)31(41)37(29(22)39)19-9-17(33)12-35-14-19/h2-14H,1H3. The number of ether oxygens (including phenoxy) is 1. The molecule has 42 heavy (non-hydrogen) atoms. The Kier molecular flexibility index (Phi) is 5.45. The monoisotopic (exact) mass is 562 g/mol. The second-order valence-corrected chi connectivity index (χ2v) is 9.74. The van der Waals surface area contributed by atoms with Crippen molar-refractivity contribution in [3.8, 4) is 11.5 Å². The van der Waals surface area contributed by atoms with Crippen LogP contribution in [0.5, 0.6) is 11.5 Å². The molecule has 0 atom stereocenters. The molecular weight excluding hydrogens is 546 g/mol. The first-order valence-electron chi connectivity index (χ1n) is 12.6. The Bertz CT molecular complexity index is 2060. The van der Waals surface area contributed by atoms with Crippen LogP contribution in [-0.2, 0) is 0 Å². The van der Waals surface area contributed by atoms with Crippen LogP contribution in [0.2, 0.25) is 0 Å². The highest BCUT2D eigenvalue weighted by molar-refractivity contribution is 6.42. The molecular formula is C31H16F2N4O5. The lowest BCUT2D eigenvalue weighted by Gasteiger charge is -2.32. The zero-order chi connectivity index (χ0) is 29.3. The minimum absolute atomic E-state index is 0.00924. The summed E-state index contributed by atoms with van der Waals surface area (Å²) in [5.74, 6) is -4.53. The van der Waals surface area contributed by atoms with Gasteiger partial charge in [0, 0.05) is 34.0 Å². The topological polar surface area (TPSA) is 110 Å². The Morgan fingerprint density at radius 1 is 0.643 bits per heavy atom. The van der Waals surface area contributed by atoms with E-state index in [-0.39, 0.29) is 50.2 Å². The lowest BCUT2D eigenvalue weighted by atomic mass is 9.85. The van der Waals surface area contributed by atoms with Crippen LogP contribution < -0.4 is 14.5 Å². The number of aromatic nitrogens is 2. The van der Waals surface area contributed by atoms with Gasteiger partial charge in [-0.25, -0.2) is 18.6 Å². The average molecular weight is 562 g/mol. The van der Waals surface area contributed by atoms with E-state index in [1.54, 1.807) is 18.2 Å². The van der Waals surface area contributed by atoms with Crippen LogP contribution in [-0.4, -0.2) is 33.6 Å². The summed E-state index contributed by atoms with van der Waals surface area (Å²) in [7, 11) is 0. The van der Waals surface area contributed by atoms with Gasteiger partial charge in [-0.3, -0.25) is 29.1 Å². The normalized spacial score (nSPS) is 14.2. The highest BCUT2D eigenvalue weighted by atomic mass is 19.1. The second-order valence-electron chi connectivity index (χ2n) is 9.74. The highest BCUT2D eigenvalue weighted by Crippen LogP contribution is 2.45. The molecule has 3 aromatic carbocycles. The SMILES string of the molecule is Cc1cccc(Oc2cc3c4c(ccc5c4c2C(=O)N(c2cncc(F)c2)C5=O)C(=O)N(c2cncc(F)c2)C3=O)c1. The molecule has 11 heteroatoms. The van der Waals surface area contributed by atoms with E-state index in [0.29, 0.717) is 5.75 Å². The van der Waals surface area contributed by atoms with Crippen LogP contribution in [0.25, 0.3) is 10.8 Å². The maximum Gasteiger partial charge on any atom is 0.269 e. The van der Waals surface area contributed by atoms with Crippen molar-refractivity contribution >= 4 is 45.8 Å². The third kappa shape index (κ3) is 3.67. The molecule has 0 saturated heterocycles. The van der Waals surface area contributed by atoms with Gasteiger partial charge in [-0.15, -0.1) is 0 Å². The highest BCUT2D eigenvalue weighted by Gasteiger charge is 2.43. The molecule has 2 aliphatic heterocycles. The summed E-state index contributed by atoms with van der Waals surface area (Å²) in [5.41, 5.74) is 0.509. The summed E-state index contributed by atoms with van der Waals surface area (Å²) in [6.07, 6.45) is 4.22. The lowest BCUT2D eigenvalue weighted by Crippen LogP contribution is -2.43. The van der Waals surface area contributed by atoms with E-state index in [1.165, 1.54) is 30.6 Å². The lowest BCUT2D eigenvalue weighted by molar-refractivity contribution is 0.0871. The van der Waals surface area contributed by atoms with Crippen molar-refractivity contribution in [2.75, 3.05) is 9.80 Å². The van der Waals surface area contributed by atoms with E-state index < -0.39 is 35.3 Å². The first-order chi connectivity index (χ1) is 20.2. The van der Waals surface area contributed by atoms with Crippen LogP contribution in [0.15, 0.2) is 79.4 Å². The van der Waals surface area contributed by atoms with Crippen molar-refractivity contribution in [2.24, 2.45) is 0 Å². The van der Waals surface area contributed by atoms with Crippen molar-refractivity contribution in [3.63, 3.8) is 0 Å². The summed E-state index contributed by atoms with van der Waals surface area (Å²) in [6.45, 7) is 1.84.